The molecule has 0 unspecified atom stereocenters. The molecule has 1 amide bonds. The van der Waals surface area contributed by atoms with Crippen molar-refractivity contribution in [3.63, 3.8) is 0 Å². The quantitative estimate of drug-likeness (QED) is 0.467. The highest BCUT2D eigenvalue weighted by Crippen LogP contribution is 2.36. The van der Waals surface area contributed by atoms with Crippen LogP contribution in [0.4, 0.5) is 0 Å². The summed E-state index contributed by atoms with van der Waals surface area (Å²) in [7, 11) is 1.52. The summed E-state index contributed by atoms with van der Waals surface area (Å²) in [4.78, 5) is 15.8. The van der Waals surface area contributed by atoms with Gasteiger partial charge in [-0.2, -0.15) is 5.10 Å². The standard InChI is InChI=1S/C17H17Cl2N3O3/c1-10(2)25-15-13(18)7-11(8-14(15)24-3)9-21-22-17(23)12-5-4-6-20-16(12)19/h4-10H,1-3H3,(H,22,23). The van der Waals surface area contributed by atoms with Crippen molar-refractivity contribution in [3.8, 4) is 11.5 Å². The number of carbonyl (C=O) groups is 1. The first-order valence-corrected chi connectivity index (χ1v) is 8.16. The molecule has 1 heterocycles. The Hall–Kier alpha value is -2.31. The number of rotatable bonds is 6. The van der Waals surface area contributed by atoms with Crippen LogP contribution in [0.1, 0.15) is 29.8 Å². The third kappa shape index (κ3) is 5.08. The zero-order chi connectivity index (χ0) is 18.4. The number of pyridine rings is 1. The number of benzene rings is 1. The van der Waals surface area contributed by atoms with E-state index in [-0.39, 0.29) is 16.8 Å². The maximum Gasteiger partial charge on any atom is 0.274 e. The number of carbonyl (C=O) groups excluding carboxylic acids is 1. The molecule has 0 aliphatic heterocycles. The lowest BCUT2D eigenvalue weighted by Crippen LogP contribution is -2.18. The topological polar surface area (TPSA) is 72.8 Å². The van der Waals surface area contributed by atoms with E-state index >= 15 is 0 Å². The van der Waals surface area contributed by atoms with Crippen molar-refractivity contribution >= 4 is 35.3 Å². The van der Waals surface area contributed by atoms with Crippen LogP contribution in [-0.4, -0.2) is 30.3 Å². The summed E-state index contributed by atoms with van der Waals surface area (Å²) in [6.45, 7) is 3.79. The van der Waals surface area contributed by atoms with E-state index in [2.05, 4.69) is 15.5 Å². The summed E-state index contributed by atoms with van der Waals surface area (Å²) >= 11 is 12.1. The minimum absolute atomic E-state index is 0.0468. The molecule has 0 radical (unpaired) electrons. The van der Waals surface area contributed by atoms with Gasteiger partial charge in [-0.1, -0.05) is 23.2 Å². The van der Waals surface area contributed by atoms with Crippen molar-refractivity contribution < 1.29 is 14.3 Å². The van der Waals surface area contributed by atoms with Gasteiger partial charge in [0, 0.05) is 6.20 Å². The van der Waals surface area contributed by atoms with E-state index in [1.54, 1.807) is 24.3 Å². The second-order valence-corrected chi connectivity index (χ2v) is 6.01. The molecule has 0 saturated carbocycles. The fraction of sp³-hybridized carbons (Fsp3) is 0.235. The summed E-state index contributed by atoms with van der Waals surface area (Å²) in [6, 6.07) is 6.53. The van der Waals surface area contributed by atoms with E-state index in [4.69, 9.17) is 32.7 Å². The first-order valence-electron chi connectivity index (χ1n) is 7.40. The van der Waals surface area contributed by atoms with Gasteiger partial charge in [-0.3, -0.25) is 4.79 Å². The molecule has 0 spiro atoms. The lowest BCUT2D eigenvalue weighted by atomic mass is 10.2. The van der Waals surface area contributed by atoms with E-state index in [1.807, 2.05) is 13.8 Å². The van der Waals surface area contributed by atoms with Crippen LogP contribution < -0.4 is 14.9 Å². The first kappa shape index (κ1) is 19.0. The van der Waals surface area contributed by atoms with E-state index in [0.717, 1.165) is 0 Å². The van der Waals surface area contributed by atoms with E-state index in [1.165, 1.54) is 19.5 Å². The SMILES string of the molecule is COc1cc(C=NNC(=O)c2cccnc2Cl)cc(Cl)c1OC(C)C. The lowest BCUT2D eigenvalue weighted by molar-refractivity contribution is 0.0955. The van der Waals surface area contributed by atoms with Crippen LogP contribution in [0.15, 0.2) is 35.6 Å². The van der Waals surface area contributed by atoms with Crippen LogP contribution in [0, 0.1) is 0 Å². The number of hydrogen-bond acceptors (Lipinski definition) is 5. The number of halogens is 2. The fourth-order valence-corrected chi connectivity index (χ4v) is 2.41. The Bertz CT molecular complexity index is 795. The summed E-state index contributed by atoms with van der Waals surface area (Å²) < 4.78 is 10.9. The zero-order valence-electron chi connectivity index (χ0n) is 13.9. The molecule has 1 aromatic carbocycles. The summed E-state index contributed by atoms with van der Waals surface area (Å²) in [5.41, 5.74) is 3.25. The average molecular weight is 382 g/mol. The molecule has 0 bridgehead atoms. The summed E-state index contributed by atoms with van der Waals surface area (Å²) in [5.74, 6) is 0.471. The molecule has 1 N–H and O–H groups in total. The monoisotopic (exact) mass is 381 g/mol. The van der Waals surface area contributed by atoms with Crippen molar-refractivity contribution in [3.05, 3.63) is 51.8 Å². The Morgan fingerprint density at radius 1 is 1.36 bits per heavy atom. The Kier molecular flexibility index (Phi) is 6.61. The highest BCUT2D eigenvalue weighted by Gasteiger charge is 2.13. The molecule has 0 aliphatic carbocycles. The minimum Gasteiger partial charge on any atom is -0.493 e. The maximum absolute atomic E-state index is 12.0. The molecule has 6 nitrogen and oxygen atoms in total. The van der Waals surface area contributed by atoms with E-state index in [9.17, 15) is 4.79 Å². The van der Waals surface area contributed by atoms with Crippen molar-refractivity contribution in [2.45, 2.75) is 20.0 Å². The number of aromatic nitrogens is 1. The van der Waals surface area contributed by atoms with Crippen LogP contribution >= 0.6 is 23.2 Å². The average Bonchev–Trinajstić information content (AvgIpc) is 2.57. The number of nitrogens with one attached hydrogen (secondary N) is 1. The third-order valence-corrected chi connectivity index (χ3v) is 3.57. The normalized spacial score (nSPS) is 11.0. The van der Waals surface area contributed by atoms with Gasteiger partial charge in [-0.15, -0.1) is 0 Å². The molecular weight excluding hydrogens is 365 g/mol. The number of ether oxygens (including phenoxy) is 2. The highest BCUT2D eigenvalue weighted by atomic mass is 35.5. The van der Waals surface area contributed by atoms with Crippen molar-refractivity contribution in [1.82, 2.24) is 10.4 Å². The van der Waals surface area contributed by atoms with E-state index in [0.29, 0.717) is 22.1 Å². The van der Waals surface area contributed by atoms with Crippen LogP contribution in [0.3, 0.4) is 0 Å². The van der Waals surface area contributed by atoms with Crippen molar-refractivity contribution in [2.75, 3.05) is 7.11 Å². The van der Waals surface area contributed by atoms with Gasteiger partial charge in [-0.05, 0) is 43.7 Å². The summed E-state index contributed by atoms with van der Waals surface area (Å²) in [6.07, 6.45) is 2.89. The molecule has 2 rings (SSSR count). The fourth-order valence-electron chi connectivity index (χ4n) is 1.95. The van der Waals surface area contributed by atoms with Gasteiger partial charge in [0.2, 0.25) is 0 Å². The summed E-state index contributed by atoms with van der Waals surface area (Å²) in [5, 5.41) is 4.39. The maximum atomic E-state index is 12.0. The molecule has 0 fully saturated rings. The Morgan fingerprint density at radius 2 is 2.12 bits per heavy atom. The van der Waals surface area contributed by atoms with Gasteiger partial charge in [0.05, 0.1) is 30.0 Å². The molecule has 2 aromatic rings. The predicted molar refractivity (Wildman–Crippen MR) is 98.1 cm³/mol. The number of methoxy groups -OCH3 is 1. The molecule has 0 saturated heterocycles. The van der Waals surface area contributed by atoms with Crippen LogP contribution in [0.25, 0.3) is 0 Å². The Balaban J connectivity index is 2.14. The van der Waals surface area contributed by atoms with E-state index < -0.39 is 5.91 Å². The van der Waals surface area contributed by atoms with Gasteiger partial charge in [0.1, 0.15) is 5.15 Å². The van der Waals surface area contributed by atoms with Gasteiger partial charge in [0.25, 0.3) is 5.91 Å². The Labute approximate surface area is 155 Å². The van der Waals surface area contributed by atoms with Crippen molar-refractivity contribution in [2.24, 2.45) is 5.10 Å². The van der Waals surface area contributed by atoms with Gasteiger partial charge in [0.15, 0.2) is 11.5 Å². The van der Waals surface area contributed by atoms with Gasteiger partial charge < -0.3 is 9.47 Å². The molecule has 25 heavy (non-hydrogen) atoms. The Morgan fingerprint density at radius 3 is 2.76 bits per heavy atom. The number of amides is 1. The lowest BCUT2D eigenvalue weighted by Gasteiger charge is -2.15. The van der Waals surface area contributed by atoms with Crippen molar-refractivity contribution in [1.29, 1.82) is 0 Å². The molecule has 8 heteroatoms. The van der Waals surface area contributed by atoms with Crippen LogP contribution in [0.2, 0.25) is 10.2 Å². The predicted octanol–water partition coefficient (Wildman–Crippen LogP) is 3.95. The molecule has 0 atom stereocenters. The second-order valence-electron chi connectivity index (χ2n) is 5.24. The molecule has 0 aliphatic rings. The molecule has 1 aromatic heterocycles. The number of hydrazone groups is 1. The smallest absolute Gasteiger partial charge is 0.274 e. The van der Waals surface area contributed by atoms with Crippen LogP contribution in [-0.2, 0) is 0 Å². The number of nitrogens with zero attached hydrogens (tertiary/aromatic N) is 2. The minimum atomic E-state index is -0.466. The second kappa shape index (κ2) is 8.69. The van der Waals surface area contributed by atoms with Crippen LogP contribution in [0.5, 0.6) is 11.5 Å². The molecule has 132 valence electrons. The highest BCUT2D eigenvalue weighted by molar-refractivity contribution is 6.33. The van der Waals surface area contributed by atoms with Gasteiger partial charge in [-0.25, -0.2) is 10.4 Å². The zero-order valence-corrected chi connectivity index (χ0v) is 15.4. The largest absolute Gasteiger partial charge is 0.493 e. The number of hydrogen-bond donors (Lipinski definition) is 1. The first-order chi connectivity index (χ1) is 11.9. The van der Waals surface area contributed by atoms with Gasteiger partial charge >= 0.3 is 0 Å². The molecular formula is C17H17Cl2N3O3. The third-order valence-electron chi connectivity index (χ3n) is 2.99.